The van der Waals surface area contributed by atoms with E-state index in [0.717, 1.165) is 16.9 Å². The molecule has 0 aliphatic heterocycles. The largest absolute Gasteiger partial charge is 0.496 e. The number of aryl methyl sites for hydroxylation is 1. The Morgan fingerprint density at radius 3 is 2.57 bits per heavy atom. The van der Waals surface area contributed by atoms with Crippen LogP contribution in [0.3, 0.4) is 0 Å². The summed E-state index contributed by atoms with van der Waals surface area (Å²) in [6, 6.07) is 11.5. The fourth-order valence-electron chi connectivity index (χ4n) is 2.10. The second-order valence-corrected chi connectivity index (χ2v) is 4.94. The van der Waals surface area contributed by atoms with Crippen molar-refractivity contribution in [2.45, 2.75) is 20.5 Å². The highest BCUT2D eigenvalue weighted by atomic mass is 16.5. The molecule has 0 fully saturated rings. The molecule has 4 heteroatoms. The summed E-state index contributed by atoms with van der Waals surface area (Å²) in [6.07, 6.45) is 0. The molecule has 0 unspecified atom stereocenters. The van der Waals surface area contributed by atoms with Gasteiger partial charge >= 0.3 is 0 Å². The SMILES string of the molecule is COc1ccc(COc2cccc(C)c2C)cc1C(=N)N. The number of rotatable bonds is 5. The van der Waals surface area contributed by atoms with E-state index in [1.807, 2.05) is 31.2 Å². The van der Waals surface area contributed by atoms with Crippen LogP contribution in [0.2, 0.25) is 0 Å². The van der Waals surface area contributed by atoms with Crippen LogP contribution in [0.25, 0.3) is 0 Å². The van der Waals surface area contributed by atoms with Crippen molar-refractivity contribution in [2.24, 2.45) is 5.73 Å². The fraction of sp³-hybridized carbons (Fsp3) is 0.235. The molecule has 0 aromatic heterocycles. The molecule has 0 aliphatic carbocycles. The number of amidine groups is 1. The monoisotopic (exact) mass is 284 g/mol. The lowest BCUT2D eigenvalue weighted by atomic mass is 10.1. The molecule has 0 spiro atoms. The number of benzene rings is 2. The van der Waals surface area contributed by atoms with Gasteiger partial charge in [0.25, 0.3) is 0 Å². The van der Waals surface area contributed by atoms with Gasteiger partial charge in [-0.2, -0.15) is 0 Å². The molecule has 2 rings (SSSR count). The van der Waals surface area contributed by atoms with E-state index in [4.69, 9.17) is 20.6 Å². The van der Waals surface area contributed by atoms with Gasteiger partial charge in [-0.3, -0.25) is 5.41 Å². The number of nitrogens with two attached hydrogens (primary N) is 1. The van der Waals surface area contributed by atoms with Crippen molar-refractivity contribution in [1.29, 1.82) is 5.41 Å². The maximum atomic E-state index is 7.59. The number of ether oxygens (including phenoxy) is 2. The summed E-state index contributed by atoms with van der Waals surface area (Å²) in [5.74, 6) is 1.45. The average Bonchev–Trinajstić information content (AvgIpc) is 2.48. The summed E-state index contributed by atoms with van der Waals surface area (Å²) in [5.41, 5.74) is 9.44. The number of nitrogens with one attached hydrogen (secondary N) is 1. The van der Waals surface area contributed by atoms with Gasteiger partial charge in [0.05, 0.1) is 12.7 Å². The Bertz CT molecular complexity index is 666. The van der Waals surface area contributed by atoms with Gasteiger partial charge in [0.15, 0.2) is 0 Å². The van der Waals surface area contributed by atoms with Gasteiger partial charge in [-0.05, 0) is 48.7 Å². The second kappa shape index (κ2) is 6.31. The van der Waals surface area contributed by atoms with E-state index in [0.29, 0.717) is 17.9 Å². The Morgan fingerprint density at radius 2 is 1.90 bits per heavy atom. The Kier molecular flexibility index (Phi) is 4.48. The van der Waals surface area contributed by atoms with Crippen molar-refractivity contribution in [3.8, 4) is 11.5 Å². The highest BCUT2D eigenvalue weighted by Gasteiger charge is 2.08. The molecular formula is C17H20N2O2. The molecule has 2 aromatic rings. The normalized spacial score (nSPS) is 10.2. The number of nitrogen functional groups attached to an aromatic ring is 1. The highest BCUT2D eigenvalue weighted by Crippen LogP contribution is 2.23. The van der Waals surface area contributed by atoms with E-state index in [1.165, 1.54) is 5.56 Å². The van der Waals surface area contributed by atoms with Crippen LogP contribution in [0.5, 0.6) is 11.5 Å². The highest BCUT2D eigenvalue weighted by molar-refractivity contribution is 5.97. The minimum absolute atomic E-state index is 0.0135. The van der Waals surface area contributed by atoms with Gasteiger partial charge in [0.2, 0.25) is 0 Å². The van der Waals surface area contributed by atoms with Crippen LogP contribution >= 0.6 is 0 Å². The molecule has 0 amide bonds. The zero-order valence-corrected chi connectivity index (χ0v) is 12.6. The van der Waals surface area contributed by atoms with E-state index in [-0.39, 0.29) is 5.84 Å². The van der Waals surface area contributed by atoms with E-state index >= 15 is 0 Å². The zero-order chi connectivity index (χ0) is 15.4. The first-order chi connectivity index (χ1) is 10.0. The minimum atomic E-state index is -0.0135. The number of hydrogen-bond donors (Lipinski definition) is 2. The lowest BCUT2D eigenvalue weighted by Gasteiger charge is -2.13. The molecule has 0 saturated carbocycles. The molecule has 21 heavy (non-hydrogen) atoms. The topological polar surface area (TPSA) is 68.3 Å². The summed E-state index contributed by atoms with van der Waals surface area (Å²) < 4.78 is 11.1. The van der Waals surface area contributed by atoms with Crippen molar-refractivity contribution in [2.75, 3.05) is 7.11 Å². The predicted molar refractivity (Wildman–Crippen MR) is 84.3 cm³/mol. The van der Waals surface area contributed by atoms with Crippen molar-refractivity contribution >= 4 is 5.84 Å². The number of methoxy groups -OCH3 is 1. The van der Waals surface area contributed by atoms with Crippen molar-refractivity contribution in [3.63, 3.8) is 0 Å². The molecule has 0 atom stereocenters. The lowest BCUT2D eigenvalue weighted by Crippen LogP contribution is -2.13. The summed E-state index contributed by atoms with van der Waals surface area (Å²) in [4.78, 5) is 0. The molecule has 110 valence electrons. The van der Waals surface area contributed by atoms with Crippen LogP contribution in [-0.4, -0.2) is 12.9 Å². The van der Waals surface area contributed by atoms with Crippen LogP contribution in [0.1, 0.15) is 22.3 Å². The molecule has 0 heterocycles. The summed E-state index contributed by atoms with van der Waals surface area (Å²) in [7, 11) is 1.56. The average molecular weight is 284 g/mol. The van der Waals surface area contributed by atoms with Crippen LogP contribution in [-0.2, 0) is 6.61 Å². The fourth-order valence-corrected chi connectivity index (χ4v) is 2.10. The standard InChI is InChI=1S/C17H20N2O2/c1-11-5-4-6-15(12(11)2)21-10-13-7-8-16(20-3)14(9-13)17(18)19/h4-9H,10H2,1-3H3,(H3,18,19). The molecule has 0 bridgehead atoms. The van der Waals surface area contributed by atoms with Gasteiger partial charge in [-0.15, -0.1) is 0 Å². The van der Waals surface area contributed by atoms with Crippen LogP contribution in [0.15, 0.2) is 36.4 Å². The van der Waals surface area contributed by atoms with Crippen LogP contribution in [0.4, 0.5) is 0 Å². The lowest BCUT2D eigenvalue weighted by molar-refractivity contribution is 0.303. The van der Waals surface area contributed by atoms with E-state index in [9.17, 15) is 0 Å². The van der Waals surface area contributed by atoms with Gasteiger partial charge in [-0.1, -0.05) is 18.2 Å². The van der Waals surface area contributed by atoms with E-state index < -0.39 is 0 Å². The first kappa shape index (κ1) is 14.9. The molecule has 0 aliphatic rings. The summed E-state index contributed by atoms with van der Waals surface area (Å²) >= 11 is 0. The maximum absolute atomic E-state index is 7.59. The number of hydrogen-bond acceptors (Lipinski definition) is 3. The molecular weight excluding hydrogens is 264 g/mol. The van der Waals surface area contributed by atoms with Crippen LogP contribution < -0.4 is 15.2 Å². The van der Waals surface area contributed by atoms with E-state index in [2.05, 4.69) is 13.0 Å². The molecule has 0 radical (unpaired) electrons. The molecule has 0 saturated heterocycles. The molecule has 2 aromatic carbocycles. The Hall–Kier alpha value is -2.49. The predicted octanol–water partition coefficient (Wildman–Crippen LogP) is 3.18. The third-order valence-electron chi connectivity index (χ3n) is 3.50. The Morgan fingerprint density at radius 1 is 1.14 bits per heavy atom. The maximum Gasteiger partial charge on any atom is 0.129 e. The van der Waals surface area contributed by atoms with Gasteiger partial charge in [0.1, 0.15) is 23.9 Å². The van der Waals surface area contributed by atoms with Crippen molar-refractivity contribution in [3.05, 3.63) is 58.7 Å². The summed E-state index contributed by atoms with van der Waals surface area (Å²) in [6.45, 7) is 4.53. The first-order valence-electron chi connectivity index (χ1n) is 6.73. The van der Waals surface area contributed by atoms with Gasteiger partial charge < -0.3 is 15.2 Å². The molecule has 4 nitrogen and oxygen atoms in total. The van der Waals surface area contributed by atoms with Crippen molar-refractivity contribution < 1.29 is 9.47 Å². The van der Waals surface area contributed by atoms with Crippen molar-refractivity contribution in [1.82, 2.24) is 0 Å². The Labute approximate surface area is 125 Å². The minimum Gasteiger partial charge on any atom is -0.496 e. The Balaban J connectivity index is 2.19. The second-order valence-electron chi connectivity index (χ2n) is 4.94. The summed E-state index contributed by atoms with van der Waals surface area (Å²) in [5, 5.41) is 7.59. The zero-order valence-electron chi connectivity index (χ0n) is 12.6. The third kappa shape index (κ3) is 3.34. The van der Waals surface area contributed by atoms with Gasteiger partial charge in [-0.25, -0.2) is 0 Å². The quantitative estimate of drug-likeness (QED) is 0.654. The van der Waals surface area contributed by atoms with Crippen LogP contribution in [0, 0.1) is 19.3 Å². The molecule has 3 N–H and O–H groups in total. The smallest absolute Gasteiger partial charge is 0.129 e. The van der Waals surface area contributed by atoms with Gasteiger partial charge in [0, 0.05) is 0 Å². The first-order valence-corrected chi connectivity index (χ1v) is 6.73. The third-order valence-corrected chi connectivity index (χ3v) is 3.50. The van der Waals surface area contributed by atoms with E-state index in [1.54, 1.807) is 13.2 Å².